The molecule has 2 saturated heterocycles. The Hall–Kier alpha value is -2.90. The number of carbonyl (C=O) groups is 2. The maximum absolute atomic E-state index is 13.5. The molecule has 2 amide bonds. The largest absolute Gasteiger partial charge is 0.416 e. The molecule has 0 unspecified atom stereocenters. The van der Waals surface area contributed by atoms with Crippen molar-refractivity contribution in [3.8, 4) is 0 Å². The zero-order chi connectivity index (χ0) is 28.4. The van der Waals surface area contributed by atoms with Gasteiger partial charge in [0.2, 0.25) is 0 Å². The van der Waals surface area contributed by atoms with Gasteiger partial charge in [-0.25, -0.2) is 0 Å². The SMILES string of the molecule is COCCN1CCO[C@H](CN2C(=O)SC(=Cc3ccc4c(cnn4Cc4ccc(Cl)cc4C(F)(F)F)c3)C2=O)C1. The second-order valence-corrected chi connectivity index (χ2v) is 10.9. The minimum atomic E-state index is -4.55. The summed E-state index contributed by atoms with van der Waals surface area (Å²) in [6.45, 7) is 3.30. The molecule has 0 radical (unpaired) electrons. The van der Waals surface area contributed by atoms with Crippen molar-refractivity contribution in [1.29, 1.82) is 0 Å². The molecule has 3 aromatic rings. The van der Waals surface area contributed by atoms with Crippen LogP contribution in [0.25, 0.3) is 17.0 Å². The molecule has 0 bridgehead atoms. The fraction of sp³-hybridized carbons (Fsp3) is 0.370. The number of amides is 2. The molecule has 2 aromatic carbocycles. The summed E-state index contributed by atoms with van der Waals surface area (Å²) in [7, 11) is 1.64. The minimum Gasteiger partial charge on any atom is -0.383 e. The van der Waals surface area contributed by atoms with Crippen LogP contribution in [0, 0.1) is 0 Å². The number of ether oxygens (including phenoxy) is 2. The van der Waals surface area contributed by atoms with Gasteiger partial charge in [0, 0.05) is 37.2 Å². The number of methoxy groups -OCH3 is 1. The summed E-state index contributed by atoms with van der Waals surface area (Å²) >= 11 is 6.67. The Labute approximate surface area is 237 Å². The lowest BCUT2D eigenvalue weighted by molar-refractivity contribution is -0.138. The molecule has 0 aliphatic carbocycles. The van der Waals surface area contributed by atoms with Crippen LogP contribution >= 0.6 is 23.4 Å². The zero-order valence-corrected chi connectivity index (χ0v) is 23.1. The second kappa shape index (κ2) is 11.9. The van der Waals surface area contributed by atoms with Crippen molar-refractivity contribution in [3.05, 3.63) is 69.2 Å². The highest BCUT2D eigenvalue weighted by atomic mass is 35.5. The quantitative estimate of drug-likeness (QED) is 0.334. The van der Waals surface area contributed by atoms with E-state index in [0.29, 0.717) is 41.1 Å². The van der Waals surface area contributed by atoms with E-state index in [9.17, 15) is 22.8 Å². The number of imide groups is 1. The van der Waals surface area contributed by atoms with E-state index < -0.39 is 11.7 Å². The molecule has 2 fully saturated rings. The first-order chi connectivity index (χ1) is 19.1. The molecular weight excluding hydrogens is 569 g/mol. The van der Waals surface area contributed by atoms with E-state index in [4.69, 9.17) is 21.1 Å². The van der Waals surface area contributed by atoms with Gasteiger partial charge in [-0.1, -0.05) is 23.7 Å². The number of fused-ring (bicyclic) bond motifs is 1. The minimum absolute atomic E-state index is 0.00534. The molecule has 0 spiro atoms. The average molecular weight is 595 g/mol. The van der Waals surface area contributed by atoms with Crippen LogP contribution in [0.3, 0.4) is 0 Å². The van der Waals surface area contributed by atoms with Gasteiger partial charge in [0.05, 0.1) is 54.6 Å². The monoisotopic (exact) mass is 594 g/mol. The van der Waals surface area contributed by atoms with E-state index in [1.807, 2.05) is 0 Å². The third-order valence-corrected chi connectivity index (χ3v) is 7.90. The second-order valence-electron chi connectivity index (χ2n) is 9.50. The summed E-state index contributed by atoms with van der Waals surface area (Å²) in [5, 5.41) is 4.61. The number of hydrogen-bond donors (Lipinski definition) is 0. The molecule has 5 rings (SSSR count). The number of carbonyl (C=O) groups excluding carboxylic acids is 2. The van der Waals surface area contributed by atoms with Gasteiger partial charge in [-0.3, -0.25) is 24.1 Å². The van der Waals surface area contributed by atoms with E-state index in [0.717, 1.165) is 30.9 Å². The van der Waals surface area contributed by atoms with E-state index in [2.05, 4.69) is 10.00 Å². The van der Waals surface area contributed by atoms with Gasteiger partial charge in [0.15, 0.2) is 0 Å². The Morgan fingerprint density at radius 1 is 1.23 bits per heavy atom. The van der Waals surface area contributed by atoms with Gasteiger partial charge in [0.1, 0.15) is 0 Å². The molecule has 2 aliphatic rings. The number of benzene rings is 2. The van der Waals surface area contributed by atoms with Crippen molar-refractivity contribution in [1.82, 2.24) is 19.6 Å². The van der Waals surface area contributed by atoms with E-state index >= 15 is 0 Å². The highest BCUT2D eigenvalue weighted by molar-refractivity contribution is 8.18. The predicted octanol–water partition coefficient (Wildman–Crippen LogP) is 5.14. The van der Waals surface area contributed by atoms with E-state index in [1.54, 1.807) is 37.6 Å². The molecule has 13 heteroatoms. The molecule has 40 heavy (non-hydrogen) atoms. The first kappa shape index (κ1) is 28.6. The van der Waals surface area contributed by atoms with E-state index in [1.165, 1.54) is 21.7 Å². The van der Waals surface area contributed by atoms with Gasteiger partial charge in [-0.2, -0.15) is 18.3 Å². The van der Waals surface area contributed by atoms with Crippen molar-refractivity contribution in [3.63, 3.8) is 0 Å². The lowest BCUT2D eigenvalue weighted by Crippen LogP contribution is -2.49. The first-order valence-electron chi connectivity index (χ1n) is 12.5. The lowest BCUT2D eigenvalue weighted by atomic mass is 10.1. The van der Waals surface area contributed by atoms with Crippen LogP contribution in [0.5, 0.6) is 0 Å². The Morgan fingerprint density at radius 2 is 2.05 bits per heavy atom. The fourth-order valence-electron chi connectivity index (χ4n) is 4.76. The smallest absolute Gasteiger partial charge is 0.383 e. The van der Waals surface area contributed by atoms with Crippen molar-refractivity contribution in [2.45, 2.75) is 18.8 Å². The van der Waals surface area contributed by atoms with Crippen LogP contribution in [0.4, 0.5) is 18.0 Å². The summed E-state index contributed by atoms with van der Waals surface area (Å²) in [4.78, 5) is 29.4. The van der Waals surface area contributed by atoms with Gasteiger partial charge in [-0.05, 0) is 53.2 Å². The maximum atomic E-state index is 13.5. The molecule has 1 aromatic heterocycles. The molecule has 3 heterocycles. The van der Waals surface area contributed by atoms with Gasteiger partial charge < -0.3 is 9.47 Å². The highest BCUT2D eigenvalue weighted by Gasteiger charge is 2.38. The maximum Gasteiger partial charge on any atom is 0.416 e. The third-order valence-electron chi connectivity index (χ3n) is 6.76. The Morgan fingerprint density at radius 3 is 2.83 bits per heavy atom. The Kier molecular flexibility index (Phi) is 8.52. The Balaban J connectivity index is 1.30. The van der Waals surface area contributed by atoms with Crippen molar-refractivity contribution < 1.29 is 32.2 Å². The molecule has 1 atom stereocenters. The normalized spacial score (nSPS) is 19.9. The summed E-state index contributed by atoms with van der Waals surface area (Å²) in [6.07, 6.45) is -1.64. The summed E-state index contributed by atoms with van der Waals surface area (Å²) in [5.74, 6) is -0.383. The number of aromatic nitrogens is 2. The molecular formula is C27H26ClF3N4O4S. The summed E-state index contributed by atoms with van der Waals surface area (Å²) in [6, 6.07) is 8.91. The van der Waals surface area contributed by atoms with Crippen LogP contribution < -0.4 is 0 Å². The number of thioether (sulfide) groups is 1. The molecule has 2 aliphatic heterocycles. The molecule has 0 saturated carbocycles. The third kappa shape index (κ3) is 6.36. The molecule has 8 nitrogen and oxygen atoms in total. The predicted molar refractivity (Wildman–Crippen MR) is 146 cm³/mol. The van der Waals surface area contributed by atoms with Crippen molar-refractivity contribution in [2.75, 3.05) is 46.5 Å². The van der Waals surface area contributed by atoms with Crippen molar-refractivity contribution >= 4 is 51.5 Å². The number of alkyl halides is 3. The summed E-state index contributed by atoms with van der Waals surface area (Å²) < 4.78 is 53.0. The highest BCUT2D eigenvalue weighted by Crippen LogP contribution is 2.35. The molecule has 212 valence electrons. The van der Waals surface area contributed by atoms with Crippen molar-refractivity contribution in [2.24, 2.45) is 0 Å². The van der Waals surface area contributed by atoms with Crippen LogP contribution in [0.15, 0.2) is 47.5 Å². The lowest BCUT2D eigenvalue weighted by Gasteiger charge is -2.33. The number of halogens is 4. The van der Waals surface area contributed by atoms with Gasteiger partial charge in [-0.15, -0.1) is 0 Å². The average Bonchev–Trinajstić information content (AvgIpc) is 3.43. The van der Waals surface area contributed by atoms with Crippen LogP contribution in [-0.4, -0.2) is 83.3 Å². The fourth-order valence-corrected chi connectivity index (χ4v) is 5.78. The number of hydrogen-bond acceptors (Lipinski definition) is 7. The number of morpholine rings is 1. The van der Waals surface area contributed by atoms with Gasteiger partial charge in [0.25, 0.3) is 11.1 Å². The molecule has 0 N–H and O–H groups in total. The Bertz CT molecular complexity index is 1460. The number of rotatable bonds is 8. The van der Waals surface area contributed by atoms with Crippen LogP contribution in [0.1, 0.15) is 16.7 Å². The van der Waals surface area contributed by atoms with Crippen LogP contribution in [-0.2, 0) is 27.0 Å². The topological polar surface area (TPSA) is 76.9 Å². The van der Waals surface area contributed by atoms with E-state index in [-0.39, 0.29) is 40.9 Å². The van der Waals surface area contributed by atoms with Crippen LogP contribution in [0.2, 0.25) is 5.02 Å². The number of nitrogens with zero attached hydrogens (tertiary/aromatic N) is 4. The zero-order valence-electron chi connectivity index (χ0n) is 21.5. The first-order valence-corrected chi connectivity index (χ1v) is 13.7. The van der Waals surface area contributed by atoms with Gasteiger partial charge >= 0.3 is 6.18 Å². The standard InChI is InChI=1S/C27H26ClF3N4O4S/c1-38-8-6-33-7-9-39-21(15-33)16-34-25(36)24(40-26(34)37)11-17-2-5-23-19(10-17)13-32-35(23)14-18-3-4-20(28)12-22(18)27(29,30)31/h2-5,10-13,21H,6-9,14-16H2,1H3/t21-/m0/s1. The summed E-state index contributed by atoms with van der Waals surface area (Å²) in [5.41, 5.74) is 0.529.